The van der Waals surface area contributed by atoms with Gasteiger partial charge in [-0.15, -0.1) is 0 Å². The smallest absolute Gasteiger partial charge is 0.0127 e. The molecule has 0 bridgehead atoms. The van der Waals surface area contributed by atoms with E-state index in [9.17, 15) is 0 Å². The summed E-state index contributed by atoms with van der Waals surface area (Å²) in [6.45, 7) is 2.17. The van der Waals surface area contributed by atoms with Crippen molar-refractivity contribution in [2.75, 3.05) is 0 Å². The van der Waals surface area contributed by atoms with Crippen molar-refractivity contribution in [3.8, 4) is 0 Å². The molecule has 1 radical (unpaired) electrons. The monoisotopic (exact) mass is 261 g/mol. The molecule has 0 spiro atoms. The summed E-state index contributed by atoms with van der Waals surface area (Å²) in [7, 11) is 1.57. The number of rotatable bonds is 2. The summed E-state index contributed by atoms with van der Waals surface area (Å²) in [6.07, 6.45) is 13.1. The maximum Gasteiger partial charge on any atom is -0.0127 e. The largest absolute Gasteiger partial charge is 0.0587 e. The van der Waals surface area contributed by atoms with Gasteiger partial charge in [0.15, 0.2) is 0 Å². The van der Waals surface area contributed by atoms with Gasteiger partial charge in [0, 0.05) is 0 Å². The zero-order valence-corrected chi connectivity index (χ0v) is 12.6. The Balaban J connectivity index is 1.86. The fourth-order valence-corrected chi connectivity index (χ4v) is 4.13. The number of aryl methyl sites for hydroxylation is 1. The van der Waals surface area contributed by atoms with Crippen LogP contribution in [0.5, 0.6) is 0 Å². The van der Waals surface area contributed by atoms with Gasteiger partial charge >= 0.3 is 0 Å². The maximum absolute atomic E-state index is 2.32. The summed E-state index contributed by atoms with van der Waals surface area (Å²) >= 11 is 0. The molecule has 99 valence electrons. The van der Waals surface area contributed by atoms with Crippen LogP contribution in [0.25, 0.3) is 0 Å². The van der Waals surface area contributed by atoms with Gasteiger partial charge in [0.25, 0.3) is 0 Å². The highest BCUT2D eigenvalue weighted by atomic mass is 31.1. The molecule has 0 unspecified atom stereocenters. The third-order valence-electron chi connectivity index (χ3n) is 3.94. The van der Waals surface area contributed by atoms with E-state index in [0.717, 1.165) is 5.66 Å². The molecule has 0 heterocycles. The Bertz CT molecular complexity index is 318. The van der Waals surface area contributed by atoms with E-state index >= 15 is 0 Å². The van der Waals surface area contributed by atoms with Crippen molar-refractivity contribution in [3.63, 3.8) is 0 Å². The minimum atomic E-state index is 0.908. The van der Waals surface area contributed by atoms with Gasteiger partial charge in [-0.05, 0) is 39.3 Å². The molecule has 1 saturated carbocycles. The van der Waals surface area contributed by atoms with Crippen molar-refractivity contribution in [1.82, 2.24) is 0 Å². The molecule has 0 N–H and O–H groups in total. The highest BCUT2D eigenvalue weighted by Gasteiger charge is 2.11. The van der Waals surface area contributed by atoms with Crippen LogP contribution in [0.3, 0.4) is 0 Å². The van der Waals surface area contributed by atoms with E-state index < -0.39 is 0 Å². The molecule has 1 aromatic carbocycles. The molecule has 1 aliphatic carbocycles. The van der Waals surface area contributed by atoms with E-state index in [-0.39, 0.29) is 0 Å². The summed E-state index contributed by atoms with van der Waals surface area (Å²) in [5, 5.41) is 1.52. The lowest BCUT2D eigenvalue weighted by Crippen LogP contribution is -2.08. The van der Waals surface area contributed by atoms with Gasteiger partial charge in [-0.1, -0.05) is 74.8 Å². The first-order valence-corrected chi connectivity index (χ1v) is 8.58. The lowest BCUT2D eigenvalue weighted by Gasteiger charge is -2.18. The molecule has 1 heteroatoms. The number of hydrogen-bond donors (Lipinski definition) is 0. The second-order valence-corrected chi connectivity index (χ2v) is 7.18. The molecular formula is C17H26P. The van der Waals surface area contributed by atoms with Crippen LogP contribution in [0.2, 0.25) is 0 Å². The average Bonchev–Trinajstić information content (AvgIpc) is 2.40. The summed E-state index contributed by atoms with van der Waals surface area (Å²) < 4.78 is 0. The summed E-state index contributed by atoms with van der Waals surface area (Å²) in [6, 6.07) is 9.14. The molecule has 0 saturated heterocycles. The topological polar surface area (TPSA) is 0 Å². The van der Waals surface area contributed by atoms with Gasteiger partial charge in [0.2, 0.25) is 0 Å². The molecule has 0 atom stereocenters. The molecule has 0 aliphatic heterocycles. The fourth-order valence-electron chi connectivity index (χ4n) is 2.76. The highest BCUT2D eigenvalue weighted by Crippen LogP contribution is 2.30. The van der Waals surface area contributed by atoms with Crippen molar-refractivity contribution >= 4 is 13.9 Å². The minimum absolute atomic E-state index is 0.908. The molecule has 18 heavy (non-hydrogen) atoms. The molecule has 2 rings (SSSR count). The van der Waals surface area contributed by atoms with Crippen molar-refractivity contribution in [2.24, 2.45) is 0 Å². The molecular weight excluding hydrogens is 235 g/mol. The third kappa shape index (κ3) is 5.11. The molecule has 1 aromatic rings. The first-order chi connectivity index (χ1) is 8.84. The Kier molecular flexibility index (Phi) is 6.21. The Morgan fingerprint density at radius 2 is 1.28 bits per heavy atom. The van der Waals surface area contributed by atoms with Crippen molar-refractivity contribution in [3.05, 3.63) is 29.8 Å². The van der Waals surface area contributed by atoms with E-state index in [4.69, 9.17) is 0 Å². The standard InChI is InChI=1S/C17H26P/c1-15-11-13-17(14-12-15)18-16-9-7-5-3-2-4-6-8-10-16/h11-14,16H,2-10H2,1H3. The Morgan fingerprint density at radius 1 is 0.778 bits per heavy atom. The Morgan fingerprint density at radius 3 is 1.83 bits per heavy atom. The summed E-state index contributed by atoms with van der Waals surface area (Å²) in [5.41, 5.74) is 2.28. The van der Waals surface area contributed by atoms with Crippen molar-refractivity contribution in [1.29, 1.82) is 0 Å². The van der Waals surface area contributed by atoms with Gasteiger partial charge in [-0.25, -0.2) is 0 Å². The average molecular weight is 261 g/mol. The molecule has 1 fully saturated rings. The van der Waals surface area contributed by atoms with E-state index in [1.54, 1.807) is 8.58 Å². The van der Waals surface area contributed by atoms with E-state index in [0.29, 0.717) is 0 Å². The molecule has 0 aromatic heterocycles. The minimum Gasteiger partial charge on any atom is -0.0587 e. The highest BCUT2D eigenvalue weighted by molar-refractivity contribution is 7.48. The third-order valence-corrected chi connectivity index (χ3v) is 5.42. The lowest BCUT2D eigenvalue weighted by atomic mass is 10.0. The zero-order chi connectivity index (χ0) is 12.6. The van der Waals surface area contributed by atoms with Crippen LogP contribution in [0.1, 0.15) is 63.4 Å². The second kappa shape index (κ2) is 7.95. The number of hydrogen-bond acceptors (Lipinski definition) is 0. The Labute approximate surface area is 114 Å². The van der Waals surface area contributed by atoms with E-state index in [1.807, 2.05) is 0 Å². The van der Waals surface area contributed by atoms with Crippen LogP contribution in [-0.2, 0) is 0 Å². The quantitative estimate of drug-likeness (QED) is 0.620. The van der Waals surface area contributed by atoms with E-state index in [1.165, 1.54) is 68.7 Å². The normalized spacial score (nSPS) is 20.3. The van der Waals surface area contributed by atoms with Gasteiger partial charge in [-0.2, -0.15) is 0 Å². The molecule has 0 amide bonds. The van der Waals surface area contributed by atoms with Crippen LogP contribution < -0.4 is 5.30 Å². The molecule has 1 aliphatic rings. The summed E-state index contributed by atoms with van der Waals surface area (Å²) in [4.78, 5) is 0. The number of benzene rings is 1. The van der Waals surface area contributed by atoms with Crippen LogP contribution in [0.4, 0.5) is 0 Å². The van der Waals surface area contributed by atoms with Crippen molar-refractivity contribution < 1.29 is 0 Å². The molecule has 0 nitrogen and oxygen atoms in total. The maximum atomic E-state index is 2.32. The predicted molar refractivity (Wildman–Crippen MR) is 83.1 cm³/mol. The van der Waals surface area contributed by atoms with Crippen LogP contribution >= 0.6 is 8.58 Å². The first kappa shape index (κ1) is 14.1. The van der Waals surface area contributed by atoms with Gasteiger partial charge in [0.1, 0.15) is 0 Å². The zero-order valence-electron chi connectivity index (χ0n) is 11.7. The van der Waals surface area contributed by atoms with Crippen LogP contribution in [0.15, 0.2) is 24.3 Å². The Hall–Kier alpha value is -0.350. The van der Waals surface area contributed by atoms with Gasteiger partial charge < -0.3 is 0 Å². The first-order valence-electron chi connectivity index (χ1n) is 7.62. The second-order valence-electron chi connectivity index (χ2n) is 5.67. The predicted octanol–water partition coefficient (Wildman–Crippen LogP) is 5.46. The van der Waals surface area contributed by atoms with Crippen molar-refractivity contribution in [2.45, 2.75) is 70.4 Å². The van der Waals surface area contributed by atoms with Gasteiger partial charge in [-0.3, -0.25) is 0 Å². The van der Waals surface area contributed by atoms with Crippen LogP contribution in [0, 0.1) is 6.92 Å². The van der Waals surface area contributed by atoms with Crippen LogP contribution in [-0.4, -0.2) is 5.66 Å². The van der Waals surface area contributed by atoms with Gasteiger partial charge in [0.05, 0.1) is 0 Å². The SMILES string of the molecule is Cc1ccc([P]C2CCCCCCCCC2)cc1. The lowest BCUT2D eigenvalue weighted by molar-refractivity contribution is 0.510. The fraction of sp³-hybridized carbons (Fsp3) is 0.647. The van der Waals surface area contributed by atoms with E-state index in [2.05, 4.69) is 31.2 Å². The summed E-state index contributed by atoms with van der Waals surface area (Å²) in [5.74, 6) is 0.